The molecule has 1 aromatic carbocycles. The summed E-state index contributed by atoms with van der Waals surface area (Å²) in [7, 11) is 0. The molecule has 0 bridgehead atoms. The Morgan fingerprint density at radius 3 is 2.38 bits per heavy atom. The fourth-order valence-electron chi connectivity index (χ4n) is 3.02. The van der Waals surface area contributed by atoms with Gasteiger partial charge < -0.3 is 4.52 Å². The first-order valence-electron chi connectivity index (χ1n) is 10.1. The van der Waals surface area contributed by atoms with Gasteiger partial charge in [-0.15, -0.1) is 0 Å². The molecule has 1 heterocycles. The predicted octanol–water partition coefficient (Wildman–Crippen LogP) is 7.21. The molecule has 0 saturated carbocycles. The zero-order valence-corrected chi connectivity index (χ0v) is 17.8. The van der Waals surface area contributed by atoms with Crippen molar-refractivity contribution < 1.29 is 13.7 Å². The van der Waals surface area contributed by atoms with Gasteiger partial charge in [-0.3, -0.25) is 4.79 Å². The normalized spacial score (nSPS) is 12.8. The first-order chi connectivity index (χ1) is 14.0. The largest absolute Gasteiger partial charge is 0.364 e. The summed E-state index contributed by atoms with van der Waals surface area (Å²) in [6, 6.07) is 7.87. The van der Waals surface area contributed by atoms with Crippen LogP contribution in [0, 0.1) is 5.82 Å². The van der Waals surface area contributed by atoms with Crippen molar-refractivity contribution in [3.05, 3.63) is 58.8 Å². The van der Waals surface area contributed by atoms with Crippen LogP contribution in [0.2, 0.25) is 0 Å². The Bertz CT molecular complexity index is 827. The third-order valence-corrected chi connectivity index (χ3v) is 5.09. The van der Waals surface area contributed by atoms with E-state index in [9.17, 15) is 9.18 Å². The van der Waals surface area contributed by atoms with Crippen molar-refractivity contribution in [1.82, 2.24) is 5.16 Å². The van der Waals surface area contributed by atoms with Gasteiger partial charge in [-0.1, -0.05) is 55.1 Å². The van der Waals surface area contributed by atoms with E-state index in [1.165, 1.54) is 18.4 Å². The van der Waals surface area contributed by atoms with Crippen LogP contribution in [0.15, 0.2) is 51.3 Å². The Hall–Kier alpha value is -2.27. The molecule has 0 fully saturated rings. The van der Waals surface area contributed by atoms with Crippen LogP contribution in [-0.2, 0) is 0 Å². The van der Waals surface area contributed by atoms with E-state index in [1.807, 2.05) is 6.92 Å². The van der Waals surface area contributed by atoms with Gasteiger partial charge >= 0.3 is 0 Å². The number of allylic oxidation sites excluding steroid dienone is 1. The van der Waals surface area contributed by atoms with Crippen LogP contribution in [0.4, 0.5) is 4.39 Å². The highest BCUT2D eigenvalue weighted by molar-refractivity contribution is 6.33. The monoisotopic (exact) mass is 418 g/mol. The SMILES string of the molecule is CCC/C(CCCCCCC(=O)c1ccon1)=N\C(Cl)=C(/C)c1ccc(F)cc1. The van der Waals surface area contributed by atoms with Crippen LogP contribution in [0.5, 0.6) is 0 Å². The number of hydrogen-bond donors (Lipinski definition) is 0. The van der Waals surface area contributed by atoms with Crippen molar-refractivity contribution >= 4 is 28.7 Å². The molecule has 0 unspecified atom stereocenters. The highest BCUT2D eigenvalue weighted by Gasteiger charge is 2.09. The maximum Gasteiger partial charge on any atom is 0.184 e. The second kappa shape index (κ2) is 12.3. The number of unbranched alkanes of at least 4 members (excludes halogenated alkanes) is 3. The average Bonchev–Trinajstić information content (AvgIpc) is 3.25. The molecular formula is C23H28ClFN2O2. The number of aromatic nitrogens is 1. The Kier molecular flexibility index (Phi) is 9.78. The number of carbonyl (C=O) groups excluding carboxylic acids is 1. The molecule has 0 aliphatic heterocycles. The van der Waals surface area contributed by atoms with E-state index in [1.54, 1.807) is 18.2 Å². The average molecular weight is 419 g/mol. The molecule has 2 rings (SSSR count). The van der Waals surface area contributed by atoms with Crippen LogP contribution in [0.25, 0.3) is 5.57 Å². The van der Waals surface area contributed by atoms with Gasteiger partial charge in [-0.05, 0) is 55.9 Å². The number of aliphatic imine (C=N–C) groups is 1. The molecule has 156 valence electrons. The van der Waals surface area contributed by atoms with Crippen LogP contribution in [0.3, 0.4) is 0 Å². The van der Waals surface area contributed by atoms with Gasteiger partial charge in [0.25, 0.3) is 0 Å². The Morgan fingerprint density at radius 1 is 1.07 bits per heavy atom. The maximum absolute atomic E-state index is 13.1. The van der Waals surface area contributed by atoms with Crippen LogP contribution in [0.1, 0.15) is 81.3 Å². The van der Waals surface area contributed by atoms with E-state index >= 15 is 0 Å². The van der Waals surface area contributed by atoms with Gasteiger partial charge in [0.1, 0.15) is 22.9 Å². The molecule has 0 aliphatic carbocycles. The summed E-state index contributed by atoms with van der Waals surface area (Å²) in [6.45, 7) is 4.02. The minimum Gasteiger partial charge on any atom is -0.364 e. The molecule has 1 aromatic heterocycles. The number of ketones is 1. The number of hydrogen-bond acceptors (Lipinski definition) is 4. The Morgan fingerprint density at radius 2 is 1.76 bits per heavy atom. The molecule has 0 atom stereocenters. The minimum atomic E-state index is -0.268. The molecular weight excluding hydrogens is 391 g/mol. The molecule has 0 amide bonds. The standard InChI is InChI=1S/C23H28ClFN2O2/c1-3-8-20(26-23(24)17(2)18-11-13-19(25)14-12-18)9-6-4-5-7-10-22(28)21-15-16-29-27-21/h11-16H,3-10H2,1-2H3/b23-17+,26-20+. The number of carbonyl (C=O) groups is 1. The Balaban J connectivity index is 1.81. The predicted molar refractivity (Wildman–Crippen MR) is 116 cm³/mol. The molecule has 4 nitrogen and oxygen atoms in total. The first-order valence-corrected chi connectivity index (χ1v) is 10.5. The van der Waals surface area contributed by atoms with E-state index < -0.39 is 0 Å². The third kappa shape index (κ3) is 7.94. The summed E-state index contributed by atoms with van der Waals surface area (Å²) in [5.74, 6) is -0.240. The van der Waals surface area contributed by atoms with Gasteiger partial charge in [0, 0.05) is 18.2 Å². The van der Waals surface area contributed by atoms with Gasteiger partial charge in [-0.2, -0.15) is 0 Å². The number of nitrogens with zero attached hydrogens (tertiary/aromatic N) is 2. The second-order valence-corrected chi connectivity index (χ2v) is 7.43. The molecule has 0 N–H and O–H groups in total. The fourth-order valence-corrected chi connectivity index (χ4v) is 3.25. The van der Waals surface area contributed by atoms with Gasteiger partial charge in [0.15, 0.2) is 5.78 Å². The lowest BCUT2D eigenvalue weighted by Gasteiger charge is -2.08. The molecule has 0 saturated heterocycles. The number of benzene rings is 1. The molecule has 29 heavy (non-hydrogen) atoms. The van der Waals surface area contributed by atoms with Crippen molar-refractivity contribution in [2.45, 2.75) is 65.2 Å². The number of Topliss-reactive ketones (excluding diaryl/α,β-unsaturated/α-hetero) is 1. The van der Waals surface area contributed by atoms with Crippen LogP contribution < -0.4 is 0 Å². The maximum atomic E-state index is 13.1. The van der Waals surface area contributed by atoms with E-state index in [2.05, 4.69) is 17.1 Å². The summed E-state index contributed by atoms with van der Waals surface area (Å²) in [5.41, 5.74) is 3.19. The fraction of sp³-hybridized carbons (Fsp3) is 0.435. The Labute approximate surface area is 176 Å². The van der Waals surface area contributed by atoms with Gasteiger partial charge in [-0.25, -0.2) is 9.38 Å². The van der Waals surface area contributed by atoms with Gasteiger partial charge in [0.05, 0.1) is 0 Å². The van der Waals surface area contributed by atoms with Crippen molar-refractivity contribution in [2.75, 3.05) is 0 Å². The second-order valence-electron chi connectivity index (χ2n) is 7.07. The van der Waals surface area contributed by atoms with E-state index in [0.29, 0.717) is 17.3 Å². The molecule has 0 aliphatic rings. The molecule has 2 aromatic rings. The lowest BCUT2D eigenvalue weighted by Crippen LogP contribution is -2.00. The summed E-state index contributed by atoms with van der Waals surface area (Å²) in [5, 5.41) is 4.12. The van der Waals surface area contributed by atoms with Crippen LogP contribution in [-0.4, -0.2) is 16.7 Å². The highest BCUT2D eigenvalue weighted by atomic mass is 35.5. The first kappa shape index (κ1) is 23.0. The summed E-state index contributed by atoms with van der Waals surface area (Å²) in [4.78, 5) is 16.5. The van der Waals surface area contributed by atoms with Crippen molar-refractivity contribution in [2.24, 2.45) is 4.99 Å². The highest BCUT2D eigenvalue weighted by Crippen LogP contribution is 2.23. The van der Waals surface area contributed by atoms with E-state index in [-0.39, 0.29) is 11.6 Å². The van der Waals surface area contributed by atoms with E-state index in [4.69, 9.17) is 16.1 Å². The summed E-state index contributed by atoms with van der Waals surface area (Å²) >= 11 is 6.43. The third-order valence-electron chi connectivity index (χ3n) is 4.72. The van der Waals surface area contributed by atoms with Gasteiger partial charge in [0.2, 0.25) is 0 Å². The quantitative estimate of drug-likeness (QED) is 0.158. The van der Waals surface area contributed by atoms with Crippen molar-refractivity contribution in [1.29, 1.82) is 0 Å². The van der Waals surface area contributed by atoms with Crippen molar-refractivity contribution in [3.63, 3.8) is 0 Å². The van der Waals surface area contributed by atoms with E-state index in [0.717, 1.165) is 61.8 Å². The topological polar surface area (TPSA) is 55.5 Å². The molecule has 0 spiro atoms. The number of halogens is 2. The van der Waals surface area contributed by atoms with Crippen molar-refractivity contribution in [3.8, 4) is 0 Å². The molecule has 0 radical (unpaired) electrons. The smallest absolute Gasteiger partial charge is 0.184 e. The number of rotatable bonds is 12. The zero-order chi connectivity index (χ0) is 21.1. The molecule has 6 heteroatoms. The lowest BCUT2D eigenvalue weighted by molar-refractivity contribution is 0.0970. The summed E-state index contributed by atoms with van der Waals surface area (Å²) < 4.78 is 17.8. The minimum absolute atomic E-state index is 0.0279. The zero-order valence-electron chi connectivity index (χ0n) is 17.1. The lowest BCUT2D eigenvalue weighted by atomic mass is 10.0. The summed E-state index contributed by atoms with van der Waals surface area (Å²) in [6.07, 6.45) is 8.58. The van der Waals surface area contributed by atoms with Crippen LogP contribution >= 0.6 is 11.6 Å².